The van der Waals surface area contributed by atoms with E-state index in [1.807, 2.05) is 37.3 Å². The van der Waals surface area contributed by atoms with Gasteiger partial charge in [0.15, 0.2) is 5.75 Å². The van der Waals surface area contributed by atoms with Crippen molar-refractivity contribution in [2.45, 2.75) is 6.92 Å². The van der Waals surface area contributed by atoms with Crippen LogP contribution in [0.15, 0.2) is 48.7 Å². The fourth-order valence-corrected chi connectivity index (χ4v) is 2.16. The SMILES string of the molecule is Cc1ccc2cccc(Oc3cc(C(N)=S)ccn3)c2n1. The van der Waals surface area contributed by atoms with E-state index < -0.39 is 0 Å². The van der Waals surface area contributed by atoms with E-state index in [0.29, 0.717) is 16.6 Å². The normalized spacial score (nSPS) is 10.5. The standard InChI is InChI=1S/C16H13N3OS/c1-10-5-6-11-3-2-4-13(15(11)19-10)20-14-9-12(16(17)21)7-8-18-14/h2-9H,1H3,(H2,17,21). The molecular weight excluding hydrogens is 282 g/mol. The van der Waals surface area contributed by atoms with Gasteiger partial charge in [-0.25, -0.2) is 9.97 Å². The van der Waals surface area contributed by atoms with Gasteiger partial charge in [0.25, 0.3) is 0 Å². The first-order chi connectivity index (χ1) is 10.1. The fourth-order valence-electron chi connectivity index (χ4n) is 2.03. The van der Waals surface area contributed by atoms with Gasteiger partial charge in [0.05, 0.1) is 0 Å². The number of para-hydroxylation sites is 1. The summed E-state index contributed by atoms with van der Waals surface area (Å²) in [6.45, 7) is 1.95. The van der Waals surface area contributed by atoms with Crippen molar-refractivity contribution in [3.8, 4) is 11.6 Å². The molecule has 2 heterocycles. The minimum atomic E-state index is 0.314. The molecule has 2 N–H and O–H groups in total. The van der Waals surface area contributed by atoms with E-state index in [-0.39, 0.29) is 0 Å². The van der Waals surface area contributed by atoms with Crippen molar-refractivity contribution in [3.05, 3.63) is 59.9 Å². The Hall–Kier alpha value is -2.53. The first-order valence-corrected chi connectivity index (χ1v) is 6.84. The summed E-state index contributed by atoms with van der Waals surface area (Å²) >= 11 is 4.96. The molecule has 0 spiro atoms. The Bertz CT molecular complexity index is 833. The second-order valence-corrected chi connectivity index (χ2v) is 5.07. The van der Waals surface area contributed by atoms with Gasteiger partial charge < -0.3 is 10.5 Å². The van der Waals surface area contributed by atoms with Gasteiger partial charge in [0.1, 0.15) is 10.5 Å². The largest absolute Gasteiger partial charge is 0.437 e. The van der Waals surface area contributed by atoms with Crippen molar-refractivity contribution in [2.75, 3.05) is 0 Å². The molecule has 3 aromatic rings. The van der Waals surface area contributed by atoms with Crippen molar-refractivity contribution < 1.29 is 4.74 Å². The molecule has 104 valence electrons. The number of ether oxygens (including phenoxy) is 1. The smallest absolute Gasteiger partial charge is 0.219 e. The molecule has 0 fully saturated rings. The van der Waals surface area contributed by atoms with Crippen LogP contribution in [-0.4, -0.2) is 15.0 Å². The van der Waals surface area contributed by atoms with Gasteiger partial charge in [-0.15, -0.1) is 0 Å². The molecule has 0 saturated carbocycles. The molecule has 0 saturated heterocycles. The van der Waals surface area contributed by atoms with Crippen LogP contribution in [0.3, 0.4) is 0 Å². The van der Waals surface area contributed by atoms with E-state index in [0.717, 1.165) is 22.2 Å². The average Bonchev–Trinajstić information content (AvgIpc) is 2.48. The Morgan fingerprint density at radius 1 is 1.19 bits per heavy atom. The average molecular weight is 295 g/mol. The van der Waals surface area contributed by atoms with E-state index in [1.54, 1.807) is 18.3 Å². The summed E-state index contributed by atoms with van der Waals surface area (Å²) in [6.07, 6.45) is 1.62. The number of aromatic nitrogens is 2. The third-order valence-electron chi connectivity index (χ3n) is 3.06. The summed E-state index contributed by atoms with van der Waals surface area (Å²) in [5, 5.41) is 1.02. The molecule has 0 radical (unpaired) electrons. The molecule has 0 amide bonds. The highest BCUT2D eigenvalue weighted by atomic mass is 32.1. The number of hydrogen-bond acceptors (Lipinski definition) is 4. The molecule has 0 aliphatic heterocycles. The van der Waals surface area contributed by atoms with Gasteiger partial charge in [-0.2, -0.15) is 0 Å². The summed E-state index contributed by atoms with van der Waals surface area (Å²) in [6, 6.07) is 13.2. The molecular formula is C16H13N3OS. The zero-order valence-corrected chi connectivity index (χ0v) is 12.2. The number of nitrogens with two attached hydrogens (primary N) is 1. The zero-order valence-electron chi connectivity index (χ0n) is 11.4. The number of thiocarbonyl (C=S) groups is 1. The molecule has 0 aliphatic rings. The lowest BCUT2D eigenvalue weighted by molar-refractivity contribution is 0.467. The van der Waals surface area contributed by atoms with Gasteiger partial charge >= 0.3 is 0 Å². The summed E-state index contributed by atoms with van der Waals surface area (Å²) in [5.41, 5.74) is 8.08. The van der Waals surface area contributed by atoms with Crippen LogP contribution in [-0.2, 0) is 0 Å². The number of nitrogens with zero attached hydrogens (tertiary/aromatic N) is 2. The van der Waals surface area contributed by atoms with Crippen molar-refractivity contribution >= 4 is 28.1 Å². The van der Waals surface area contributed by atoms with Crippen molar-refractivity contribution in [1.82, 2.24) is 9.97 Å². The number of fused-ring (bicyclic) bond motifs is 1. The Morgan fingerprint density at radius 2 is 2.05 bits per heavy atom. The lowest BCUT2D eigenvalue weighted by Crippen LogP contribution is -2.09. The molecule has 5 heteroatoms. The number of hydrogen-bond donors (Lipinski definition) is 1. The maximum absolute atomic E-state index is 5.85. The maximum Gasteiger partial charge on any atom is 0.219 e. The van der Waals surface area contributed by atoms with Crippen molar-refractivity contribution in [1.29, 1.82) is 0 Å². The number of rotatable bonds is 3. The van der Waals surface area contributed by atoms with E-state index in [1.165, 1.54) is 0 Å². The summed E-state index contributed by atoms with van der Waals surface area (Å²) in [4.78, 5) is 9.02. The quantitative estimate of drug-likeness (QED) is 0.751. The number of benzene rings is 1. The Kier molecular flexibility index (Phi) is 3.50. The van der Waals surface area contributed by atoms with Crippen molar-refractivity contribution in [2.24, 2.45) is 5.73 Å². The van der Waals surface area contributed by atoms with Gasteiger partial charge in [0, 0.05) is 28.9 Å². The third kappa shape index (κ3) is 2.83. The first-order valence-electron chi connectivity index (χ1n) is 6.43. The Labute approximate surface area is 127 Å². The van der Waals surface area contributed by atoms with Crippen LogP contribution in [0.1, 0.15) is 11.3 Å². The van der Waals surface area contributed by atoms with Crippen LogP contribution in [0, 0.1) is 6.92 Å². The molecule has 0 aliphatic carbocycles. The summed E-state index contributed by atoms with van der Waals surface area (Å²) in [7, 11) is 0. The minimum Gasteiger partial charge on any atom is -0.437 e. The molecule has 0 unspecified atom stereocenters. The Morgan fingerprint density at radius 3 is 2.86 bits per heavy atom. The van der Waals surface area contributed by atoms with Crippen LogP contribution >= 0.6 is 12.2 Å². The molecule has 3 rings (SSSR count). The third-order valence-corrected chi connectivity index (χ3v) is 3.29. The van der Waals surface area contributed by atoms with E-state index >= 15 is 0 Å². The van der Waals surface area contributed by atoms with Gasteiger partial charge in [-0.05, 0) is 25.1 Å². The first kappa shape index (κ1) is 13.5. The van der Waals surface area contributed by atoms with Crippen LogP contribution in [0.2, 0.25) is 0 Å². The summed E-state index contributed by atoms with van der Waals surface area (Å²) < 4.78 is 5.85. The maximum atomic E-state index is 5.85. The van der Waals surface area contributed by atoms with Crippen molar-refractivity contribution in [3.63, 3.8) is 0 Å². The molecule has 0 atom stereocenters. The zero-order chi connectivity index (χ0) is 14.8. The van der Waals surface area contributed by atoms with Crippen LogP contribution < -0.4 is 10.5 Å². The van der Waals surface area contributed by atoms with E-state index in [9.17, 15) is 0 Å². The lowest BCUT2D eigenvalue weighted by Gasteiger charge is -2.09. The highest BCUT2D eigenvalue weighted by Gasteiger charge is 2.07. The van der Waals surface area contributed by atoms with E-state index in [4.69, 9.17) is 22.7 Å². The lowest BCUT2D eigenvalue weighted by atomic mass is 10.2. The van der Waals surface area contributed by atoms with Crippen LogP contribution in [0.5, 0.6) is 11.6 Å². The van der Waals surface area contributed by atoms with Gasteiger partial charge in [0.2, 0.25) is 5.88 Å². The second kappa shape index (κ2) is 5.46. The highest BCUT2D eigenvalue weighted by molar-refractivity contribution is 7.80. The number of aryl methyl sites for hydroxylation is 1. The van der Waals surface area contributed by atoms with Crippen LogP contribution in [0.25, 0.3) is 10.9 Å². The number of pyridine rings is 2. The minimum absolute atomic E-state index is 0.314. The van der Waals surface area contributed by atoms with Gasteiger partial charge in [-0.1, -0.05) is 30.4 Å². The molecule has 2 aromatic heterocycles. The molecule has 21 heavy (non-hydrogen) atoms. The monoisotopic (exact) mass is 295 g/mol. The summed E-state index contributed by atoms with van der Waals surface area (Å²) in [5.74, 6) is 1.10. The second-order valence-electron chi connectivity index (χ2n) is 4.63. The van der Waals surface area contributed by atoms with Gasteiger partial charge in [-0.3, -0.25) is 0 Å². The molecule has 1 aromatic carbocycles. The predicted octanol–water partition coefficient (Wildman–Crippen LogP) is 3.36. The van der Waals surface area contributed by atoms with Crippen LogP contribution in [0.4, 0.5) is 0 Å². The molecule has 0 bridgehead atoms. The fraction of sp³-hybridized carbons (Fsp3) is 0.0625. The Balaban J connectivity index is 2.04. The molecule has 4 nitrogen and oxygen atoms in total. The predicted molar refractivity (Wildman–Crippen MR) is 86.7 cm³/mol. The highest BCUT2D eigenvalue weighted by Crippen LogP contribution is 2.28. The van der Waals surface area contributed by atoms with E-state index in [2.05, 4.69) is 9.97 Å². The topological polar surface area (TPSA) is 61.0 Å².